The number of likely N-dealkylation sites (N-methyl/N-ethyl adjacent to an activating group) is 1. The first-order chi connectivity index (χ1) is 6.20. The van der Waals surface area contributed by atoms with Gasteiger partial charge in [-0.3, -0.25) is 0 Å². The van der Waals surface area contributed by atoms with Crippen LogP contribution in [0, 0.1) is 0 Å². The fourth-order valence-electron chi connectivity index (χ4n) is 1.15. The Morgan fingerprint density at radius 2 is 2.46 bits per heavy atom. The molecule has 72 valence electrons. The second-order valence-electron chi connectivity index (χ2n) is 2.67. The molecule has 0 spiro atoms. The van der Waals surface area contributed by atoms with Crippen LogP contribution in [0.2, 0.25) is 0 Å². The maximum atomic E-state index is 11.3. The van der Waals surface area contributed by atoms with Crippen LogP contribution in [0.3, 0.4) is 0 Å². The fraction of sp³-hybridized carbons (Fsp3) is 0.500. The molecular formula is C8H13N3O2. The number of aromatic nitrogens is 2. The zero-order valence-electron chi connectivity index (χ0n) is 7.94. The molecular weight excluding hydrogens is 170 g/mol. The molecule has 0 radical (unpaired) electrons. The number of esters is 1. The molecule has 1 aromatic heterocycles. The van der Waals surface area contributed by atoms with Gasteiger partial charge in [0.1, 0.15) is 6.04 Å². The van der Waals surface area contributed by atoms with E-state index < -0.39 is 6.04 Å². The quantitative estimate of drug-likeness (QED) is 0.662. The smallest absolute Gasteiger partial charge is 0.329 e. The number of carbonyl (C=O) groups is 1. The largest absolute Gasteiger partial charge is 0.468 e. The molecule has 13 heavy (non-hydrogen) atoms. The Morgan fingerprint density at radius 3 is 2.85 bits per heavy atom. The lowest BCUT2D eigenvalue weighted by Gasteiger charge is -2.13. The second kappa shape index (κ2) is 4.04. The summed E-state index contributed by atoms with van der Waals surface area (Å²) in [5.41, 5.74) is 0.786. The van der Waals surface area contributed by atoms with Crippen LogP contribution in [0.25, 0.3) is 0 Å². The van der Waals surface area contributed by atoms with Crippen LogP contribution in [-0.2, 0) is 16.6 Å². The van der Waals surface area contributed by atoms with Gasteiger partial charge in [0.15, 0.2) is 0 Å². The number of methoxy groups -OCH3 is 1. The molecule has 0 aromatic carbocycles. The van der Waals surface area contributed by atoms with Crippen LogP contribution in [-0.4, -0.2) is 29.7 Å². The predicted octanol–water partition coefficient (Wildman–Crippen LogP) is -0.146. The average Bonchev–Trinajstić information content (AvgIpc) is 2.53. The molecule has 1 aromatic rings. The zero-order valence-corrected chi connectivity index (χ0v) is 7.94. The highest BCUT2D eigenvalue weighted by Gasteiger charge is 2.21. The summed E-state index contributed by atoms with van der Waals surface area (Å²) in [5.74, 6) is -0.314. The van der Waals surface area contributed by atoms with Crippen LogP contribution in [0.1, 0.15) is 11.7 Å². The Labute approximate surface area is 76.7 Å². The number of nitrogens with one attached hydrogen (secondary N) is 1. The number of nitrogens with zero attached hydrogens (tertiary/aromatic N) is 2. The number of carbonyl (C=O) groups excluding carboxylic acids is 1. The minimum Gasteiger partial charge on any atom is -0.468 e. The molecule has 1 unspecified atom stereocenters. The van der Waals surface area contributed by atoms with E-state index in [1.54, 1.807) is 24.1 Å². The summed E-state index contributed by atoms with van der Waals surface area (Å²) in [6, 6.07) is -0.447. The van der Waals surface area contributed by atoms with E-state index in [4.69, 9.17) is 0 Å². The summed E-state index contributed by atoms with van der Waals surface area (Å²) >= 11 is 0. The summed E-state index contributed by atoms with van der Waals surface area (Å²) < 4.78 is 6.42. The molecule has 0 aliphatic heterocycles. The third kappa shape index (κ3) is 1.86. The second-order valence-corrected chi connectivity index (χ2v) is 2.67. The minimum absolute atomic E-state index is 0.314. The molecule has 0 aliphatic carbocycles. The molecule has 1 atom stereocenters. The normalized spacial score (nSPS) is 12.5. The molecule has 0 aliphatic rings. The summed E-state index contributed by atoms with van der Waals surface area (Å²) in [5, 5.41) is 2.86. The van der Waals surface area contributed by atoms with Crippen molar-refractivity contribution >= 4 is 5.97 Å². The lowest BCUT2D eigenvalue weighted by molar-refractivity contribution is -0.143. The third-order valence-corrected chi connectivity index (χ3v) is 1.88. The SMILES string of the molecule is CNC(C(=O)OC)c1cncn1C. The number of ether oxygens (including phenoxy) is 1. The van der Waals surface area contributed by atoms with Crippen molar-refractivity contribution in [2.24, 2.45) is 7.05 Å². The number of hydrogen-bond acceptors (Lipinski definition) is 4. The van der Waals surface area contributed by atoms with E-state index >= 15 is 0 Å². The minimum atomic E-state index is -0.447. The molecule has 1 N–H and O–H groups in total. The molecule has 5 heteroatoms. The molecule has 0 bridgehead atoms. The zero-order chi connectivity index (χ0) is 9.84. The van der Waals surface area contributed by atoms with Crippen LogP contribution < -0.4 is 5.32 Å². The molecule has 0 amide bonds. The van der Waals surface area contributed by atoms with Crippen LogP contribution in [0.5, 0.6) is 0 Å². The first kappa shape index (κ1) is 9.73. The van der Waals surface area contributed by atoms with Crippen molar-refractivity contribution < 1.29 is 9.53 Å². The lowest BCUT2D eigenvalue weighted by Crippen LogP contribution is -2.28. The average molecular weight is 183 g/mol. The standard InChI is InChI=1S/C8H13N3O2/c1-9-7(8(12)13-3)6-4-10-5-11(6)2/h4-5,7,9H,1-3H3. The summed E-state index contributed by atoms with van der Waals surface area (Å²) in [4.78, 5) is 15.2. The molecule has 0 fully saturated rings. The number of rotatable bonds is 3. The highest BCUT2D eigenvalue weighted by molar-refractivity contribution is 5.76. The third-order valence-electron chi connectivity index (χ3n) is 1.88. The van der Waals surface area contributed by atoms with E-state index in [0.717, 1.165) is 5.69 Å². The summed E-state index contributed by atoms with van der Waals surface area (Å²) in [6.07, 6.45) is 3.28. The van der Waals surface area contributed by atoms with E-state index in [-0.39, 0.29) is 5.97 Å². The van der Waals surface area contributed by atoms with E-state index in [1.165, 1.54) is 7.11 Å². The van der Waals surface area contributed by atoms with Gasteiger partial charge in [0.05, 0.1) is 25.3 Å². The van der Waals surface area contributed by atoms with Gasteiger partial charge in [-0.25, -0.2) is 9.78 Å². The molecule has 1 heterocycles. The Hall–Kier alpha value is -1.36. The van der Waals surface area contributed by atoms with Gasteiger partial charge < -0.3 is 14.6 Å². The highest BCUT2D eigenvalue weighted by Crippen LogP contribution is 2.11. The van der Waals surface area contributed by atoms with Crippen molar-refractivity contribution in [3.63, 3.8) is 0 Å². The number of imidazole rings is 1. The van der Waals surface area contributed by atoms with Crippen molar-refractivity contribution in [1.29, 1.82) is 0 Å². The molecule has 0 saturated heterocycles. The van der Waals surface area contributed by atoms with E-state index in [0.29, 0.717) is 0 Å². The van der Waals surface area contributed by atoms with Crippen molar-refractivity contribution in [2.45, 2.75) is 6.04 Å². The van der Waals surface area contributed by atoms with Gasteiger partial charge in [-0.1, -0.05) is 0 Å². The van der Waals surface area contributed by atoms with E-state index in [2.05, 4.69) is 15.0 Å². The Kier molecular flexibility index (Phi) is 3.02. The topological polar surface area (TPSA) is 56.1 Å². The van der Waals surface area contributed by atoms with E-state index in [9.17, 15) is 4.79 Å². The highest BCUT2D eigenvalue weighted by atomic mass is 16.5. The Balaban J connectivity index is 2.90. The monoisotopic (exact) mass is 183 g/mol. The summed E-state index contributed by atoms with van der Waals surface area (Å²) in [7, 11) is 4.90. The first-order valence-electron chi connectivity index (χ1n) is 3.92. The Bertz CT molecular complexity index is 295. The van der Waals surface area contributed by atoms with Gasteiger partial charge in [-0.05, 0) is 7.05 Å². The van der Waals surface area contributed by atoms with Crippen molar-refractivity contribution in [3.05, 3.63) is 18.2 Å². The first-order valence-corrected chi connectivity index (χ1v) is 3.92. The maximum Gasteiger partial charge on any atom is 0.329 e. The number of hydrogen-bond donors (Lipinski definition) is 1. The Morgan fingerprint density at radius 1 is 1.77 bits per heavy atom. The number of aryl methyl sites for hydroxylation is 1. The van der Waals surface area contributed by atoms with Crippen molar-refractivity contribution in [3.8, 4) is 0 Å². The van der Waals surface area contributed by atoms with E-state index in [1.807, 2.05) is 7.05 Å². The van der Waals surface area contributed by atoms with Crippen LogP contribution in [0.15, 0.2) is 12.5 Å². The molecule has 0 saturated carbocycles. The van der Waals surface area contributed by atoms with Gasteiger partial charge in [0, 0.05) is 7.05 Å². The van der Waals surface area contributed by atoms with Gasteiger partial charge >= 0.3 is 5.97 Å². The lowest BCUT2D eigenvalue weighted by atomic mass is 10.2. The summed E-state index contributed by atoms with van der Waals surface area (Å²) in [6.45, 7) is 0. The van der Waals surface area contributed by atoms with Crippen LogP contribution in [0.4, 0.5) is 0 Å². The van der Waals surface area contributed by atoms with Crippen LogP contribution >= 0.6 is 0 Å². The maximum absolute atomic E-state index is 11.3. The van der Waals surface area contributed by atoms with Gasteiger partial charge in [-0.2, -0.15) is 0 Å². The molecule has 5 nitrogen and oxygen atoms in total. The van der Waals surface area contributed by atoms with Crippen molar-refractivity contribution in [1.82, 2.24) is 14.9 Å². The van der Waals surface area contributed by atoms with Gasteiger partial charge in [0.2, 0.25) is 0 Å². The van der Waals surface area contributed by atoms with Gasteiger partial charge in [-0.15, -0.1) is 0 Å². The molecule has 1 rings (SSSR count). The van der Waals surface area contributed by atoms with Gasteiger partial charge in [0.25, 0.3) is 0 Å². The predicted molar refractivity (Wildman–Crippen MR) is 47.0 cm³/mol. The fourth-order valence-corrected chi connectivity index (χ4v) is 1.15. The van der Waals surface area contributed by atoms with Crippen molar-refractivity contribution in [2.75, 3.05) is 14.2 Å².